The first kappa shape index (κ1) is 15.1. The molecule has 1 aliphatic carbocycles. The van der Waals surface area contributed by atoms with Crippen LogP contribution in [0.5, 0.6) is 5.75 Å². The predicted molar refractivity (Wildman–Crippen MR) is 82.4 cm³/mol. The number of ether oxygens (including phenoxy) is 1. The highest BCUT2D eigenvalue weighted by Crippen LogP contribution is 2.25. The first-order valence-electron chi connectivity index (χ1n) is 7.59. The van der Waals surface area contributed by atoms with E-state index in [-0.39, 0.29) is 24.2 Å². The molecular formula is C17H18N2O4. The lowest BCUT2D eigenvalue weighted by Crippen LogP contribution is -2.45. The van der Waals surface area contributed by atoms with Crippen molar-refractivity contribution >= 4 is 11.8 Å². The van der Waals surface area contributed by atoms with Crippen molar-refractivity contribution in [3.05, 3.63) is 54.0 Å². The number of nitrogens with one attached hydrogen (secondary N) is 2. The van der Waals surface area contributed by atoms with Gasteiger partial charge in [-0.3, -0.25) is 20.4 Å². The molecule has 0 spiro atoms. The van der Waals surface area contributed by atoms with Crippen LogP contribution < -0.4 is 15.6 Å². The van der Waals surface area contributed by atoms with Crippen molar-refractivity contribution in [2.45, 2.75) is 25.9 Å². The Hall–Kier alpha value is -2.76. The molecule has 6 nitrogen and oxygen atoms in total. The van der Waals surface area contributed by atoms with Gasteiger partial charge in [0.2, 0.25) is 5.91 Å². The van der Waals surface area contributed by atoms with Crippen LogP contribution in [0.2, 0.25) is 0 Å². The van der Waals surface area contributed by atoms with E-state index in [9.17, 15) is 9.59 Å². The van der Waals surface area contributed by atoms with E-state index < -0.39 is 5.91 Å². The second kappa shape index (κ2) is 7.00. The molecule has 0 radical (unpaired) electrons. The average Bonchev–Trinajstić information content (AvgIpc) is 2.99. The summed E-state index contributed by atoms with van der Waals surface area (Å²) in [4.78, 5) is 23.6. The maximum absolute atomic E-state index is 11.9. The Labute approximate surface area is 133 Å². The van der Waals surface area contributed by atoms with Gasteiger partial charge in [-0.25, -0.2) is 0 Å². The van der Waals surface area contributed by atoms with Crippen molar-refractivity contribution < 1.29 is 18.7 Å². The molecule has 1 aromatic carbocycles. The molecule has 2 aromatic rings. The number of amides is 2. The van der Waals surface area contributed by atoms with Gasteiger partial charge in [0.1, 0.15) is 18.1 Å². The molecule has 1 saturated carbocycles. The van der Waals surface area contributed by atoms with Crippen LogP contribution in [0.3, 0.4) is 0 Å². The highest BCUT2D eigenvalue weighted by molar-refractivity contribution is 5.93. The highest BCUT2D eigenvalue weighted by Gasteiger charge is 2.25. The Bertz CT molecular complexity index is 677. The number of furan rings is 1. The molecule has 1 fully saturated rings. The van der Waals surface area contributed by atoms with Crippen molar-refractivity contribution in [1.29, 1.82) is 0 Å². The second-order valence-electron chi connectivity index (χ2n) is 5.44. The molecule has 0 saturated heterocycles. The number of rotatable bonds is 5. The number of carbonyl (C=O) groups excluding carboxylic acids is 2. The van der Waals surface area contributed by atoms with Gasteiger partial charge in [-0.1, -0.05) is 24.6 Å². The number of hydrazine groups is 1. The Kier molecular flexibility index (Phi) is 4.61. The average molecular weight is 314 g/mol. The van der Waals surface area contributed by atoms with E-state index in [2.05, 4.69) is 10.9 Å². The molecule has 23 heavy (non-hydrogen) atoms. The zero-order valence-electron chi connectivity index (χ0n) is 12.6. The van der Waals surface area contributed by atoms with Gasteiger partial charge in [0.25, 0.3) is 0 Å². The number of hydrogen-bond donors (Lipinski definition) is 2. The minimum Gasteiger partial charge on any atom is -0.486 e. The zero-order valence-corrected chi connectivity index (χ0v) is 12.6. The van der Waals surface area contributed by atoms with Crippen LogP contribution in [-0.2, 0) is 11.4 Å². The topological polar surface area (TPSA) is 80.6 Å². The number of hydrogen-bond acceptors (Lipinski definition) is 4. The van der Waals surface area contributed by atoms with Gasteiger partial charge in [0.05, 0.1) is 0 Å². The standard InChI is InChI=1S/C17H18N2O4/c20-16(12-5-4-6-12)18-19-17(21)15-10-9-14(23-15)11-22-13-7-2-1-3-8-13/h1-3,7-10,12H,4-6,11H2,(H,18,20)(H,19,21). The fourth-order valence-electron chi connectivity index (χ4n) is 2.20. The van der Waals surface area contributed by atoms with Crippen molar-refractivity contribution in [2.24, 2.45) is 5.92 Å². The van der Waals surface area contributed by atoms with Gasteiger partial charge in [-0.2, -0.15) is 0 Å². The third-order valence-electron chi connectivity index (χ3n) is 3.78. The first-order valence-corrected chi connectivity index (χ1v) is 7.59. The molecule has 1 aliphatic rings. The van der Waals surface area contributed by atoms with E-state index in [1.54, 1.807) is 12.1 Å². The normalized spacial score (nSPS) is 13.9. The number of para-hydroxylation sites is 1. The Balaban J connectivity index is 1.47. The molecule has 0 unspecified atom stereocenters. The fourth-order valence-corrected chi connectivity index (χ4v) is 2.20. The molecule has 2 amide bonds. The molecule has 0 aliphatic heterocycles. The summed E-state index contributed by atoms with van der Waals surface area (Å²) in [5.74, 6) is 0.770. The van der Waals surface area contributed by atoms with E-state index in [0.29, 0.717) is 5.76 Å². The molecule has 6 heteroatoms. The molecular weight excluding hydrogens is 296 g/mol. The van der Waals surface area contributed by atoms with Crippen LogP contribution in [0, 0.1) is 5.92 Å². The predicted octanol–water partition coefficient (Wildman–Crippen LogP) is 2.42. The lowest BCUT2D eigenvalue weighted by molar-refractivity contribution is -0.128. The van der Waals surface area contributed by atoms with Gasteiger partial charge in [0.15, 0.2) is 5.76 Å². The summed E-state index contributed by atoms with van der Waals surface area (Å²) < 4.78 is 11.0. The quantitative estimate of drug-likeness (QED) is 0.831. The first-order chi connectivity index (χ1) is 11.2. The Morgan fingerprint density at radius 3 is 2.57 bits per heavy atom. The second-order valence-corrected chi connectivity index (χ2v) is 5.44. The van der Waals surface area contributed by atoms with Crippen LogP contribution in [0.1, 0.15) is 35.6 Å². The minimum absolute atomic E-state index is 0.0155. The molecule has 3 rings (SSSR count). The van der Waals surface area contributed by atoms with E-state index in [0.717, 1.165) is 25.0 Å². The smallest absolute Gasteiger partial charge is 0.305 e. The van der Waals surface area contributed by atoms with Crippen LogP contribution in [0.25, 0.3) is 0 Å². The third kappa shape index (κ3) is 3.91. The summed E-state index contributed by atoms with van der Waals surface area (Å²) in [5.41, 5.74) is 4.78. The largest absolute Gasteiger partial charge is 0.486 e. The van der Waals surface area contributed by atoms with Crippen molar-refractivity contribution in [3.8, 4) is 5.75 Å². The third-order valence-corrected chi connectivity index (χ3v) is 3.78. The lowest BCUT2D eigenvalue weighted by atomic mass is 9.85. The van der Waals surface area contributed by atoms with Crippen LogP contribution in [-0.4, -0.2) is 11.8 Å². The molecule has 120 valence electrons. The molecule has 1 heterocycles. The van der Waals surface area contributed by atoms with E-state index in [1.165, 1.54) is 0 Å². The van der Waals surface area contributed by atoms with E-state index >= 15 is 0 Å². The van der Waals surface area contributed by atoms with Crippen molar-refractivity contribution in [1.82, 2.24) is 10.9 Å². The summed E-state index contributed by atoms with van der Waals surface area (Å²) in [6.45, 7) is 0.228. The summed E-state index contributed by atoms with van der Waals surface area (Å²) in [6.07, 6.45) is 2.82. The van der Waals surface area contributed by atoms with Gasteiger partial charge < -0.3 is 9.15 Å². The van der Waals surface area contributed by atoms with Crippen molar-refractivity contribution in [3.63, 3.8) is 0 Å². The number of carbonyl (C=O) groups is 2. The molecule has 0 bridgehead atoms. The summed E-state index contributed by atoms with van der Waals surface area (Å²) in [7, 11) is 0. The number of benzene rings is 1. The van der Waals surface area contributed by atoms with Gasteiger partial charge in [0, 0.05) is 5.92 Å². The maximum Gasteiger partial charge on any atom is 0.305 e. The summed E-state index contributed by atoms with van der Waals surface area (Å²) in [5, 5.41) is 0. The fraction of sp³-hybridized carbons (Fsp3) is 0.294. The highest BCUT2D eigenvalue weighted by atomic mass is 16.5. The van der Waals surface area contributed by atoms with Gasteiger partial charge >= 0.3 is 5.91 Å². The van der Waals surface area contributed by atoms with E-state index in [4.69, 9.17) is 9.15 Å². The Morgan fingerprint density at radius 2 is 1.87 bits per heavy atom. The maximum atomic E-state index is 11.9. The van der Waals surface area contributed by atoms with Gasteiger partial charge in [-0.05, 0) is 37.1 Å². The SMILES string of the molecule is O=C(NNC(=O)C1CCC1)c1ccc(COc2ccccc2)o1. The van der Waals surface area contributed by atoms with Crippen LogP contribution in [0.4, 0.5) is 0 Å². The minimum atomic E-state index is -0.483. The molecule has 0 atom stereocenters. The molecule has 1 aromatic heterocycles. The molecule has 2 N–H and O–H groups in total. The summed E-state index contributed by atoms with van der Waals surface area (Å²) in [6, 6.07) is 12.6. The van der Waals surface area contributed by atoms with E-state index in [1.807, 2.05) is 30.3 Å². The van der Waals surface area contributed by atoms with Crippen molar-refractivity contribution in [2.75, 3.05) is 0 Å². The Morgan fingerprint density at radius 1 is 1.09 bits per heavy atom. The van der Waals surface area contributed by atoms with Gasteiger partial charge in [-0.15, -0.1) is 0 Å². The lowest BCUT2D eigenvalue weighted by Gasteiger charge is -2.23. The van der Waals surface area contributed by atoms with Crippen LogP contribution >= 0.6 is 0 Å². The zero-order chi connectivity index (χ0) is 16.1. The van der Waals surface area contributed by atoms with Crippen LogP contribution in [0.15, 0.2) is 46.9 Å². The monoisotopic (exact) mass is 314 g/mol. The summed E-state index contributed by atoms with van der Waals surface area (Å²) >= 11 is 0.